The van der Waals surface area contributed by atoms with Crippen molar-refractivity contribution in [3.05, 3.63) is 23.2 Å². The number of amides is 1. The van der Waals surface area contributed by atoms with Gasteiger partial charge in [-0.05, 0) is 45.0 Å². The second kappa shape index (κ2) is 7.36. The number of halogens is 1. The Morgan fingerprint density at radius 2 is 2.16 bits per heavy atom. The molecule has 0 fully saturated rings. The Morgan fingerprint density at radius 1 is 1.47 bits per heavy atom. The smallest absolute Gasteiger partial charge is 0.238 e. The second-order valence-electron chi connectivity index (χ2n) is 4.84. The summed E-state index contributed by atoms with van der Waals surface area (Å²) in [6.45, 7) is 7.54. The lowest BCUT2D eigenvalue weighted by Crippen LogP contribution is -2.38. The first-order chi connectivity index (χ1) is 8.93. The van der Waals surface area contributed by atoms with E-state index in [4.69, 9.17) is 17.3 Å². The predicted octanol–water partition coefficient (Wildman–Crippen LogP) is 2.98. The minimum Gasteiger partial charge on any atom is -0.397 e. The van der Waals surface area contributed by atoms with Crippen LogP contribution >= 0.6 is 11.6 Å². The van der Waals surface area contributed by atoms with E-state index in [1.165, 1.54) is 0 Å². The number of carbonyl (C=O) groups is 1. The van der Waals surface area contributed by atoms with Crippen LogP contribution < -0.4 is 11.1 Å². The van der Waals surface area contributed by atoms with Gasteiger partial charge in [-0.3, -0.25) is 9.69 Å². The summed E-state index contributed by atoms with van der Waals surface area (Å²) in [5.74, 6) is -0.0591. The van der Waals surface area contributed by atoms with Crippen molar-refractivity contribution in [2.24, 2.45) is 0 Å². The maximum Gasteiger partial charge on any atom is 0.238 e. The van der Waals surface area contributed by atoms with Crippen LogP contribution in [0.3, 0.4) is 0 Å². The minimum atomic E-state index is -0.0591. The van der Waals surface area contributed by atoms with Gasteiger partial charge in [-0.25, -0.2) is 0 Å². The first-order valence-corrected chi connectivity index (χ1v) is 6.90. The van der Waals surface area contributed by atoms with Crippen LogP contribution in [-0.2, 0) is 4.79 Å². The highest BCUT2D eigenvalue weighted by molar-refractivity contribution is 6.31. The lowest BCUT2D eigenvalue weighted by molar-refractivity contribution is -0.117. The summed E-state index contributed by atoms with van der Waals surface area (Å²) in [6.07, 6.45) is 1.02. The number of hydrogen-bond donors (Lipinski definition) is 2. The Balaban J connectivity index is 2.63. The first kappa shape index (κ1) is 15.8. The van der Waals surface area contributed by atoms with E-state index in [1.54, 1.807) is 18.2 Å². The van der Waals surface area contributed by atoms with Crippen molar-refractivity contribution in [3.8, 4) is 0 Å². The molecule has 1 aromatic rings. The highest BCUT2D eigenvalue weighted by atomic mass is 35.5. The van der Waals surface area contributed by atoms with Crippen molar-refractivity contribution in [3.63, 3.8) is 0 Å². The molecule has 5 heteroatoms. The van der Waals surface area contributed by atoms with E-state index in [1.807, 2.05) is 0 Å². The van der Waals surface area contributed by atoms with Crippen LogP contribution in [-0.4, -0.2) is 29.9 Å². The average Bonchev–Trinajstić information content (AvgIpc) is 2.32. The van der Waals surface area contributed by atoms with Gasteiger partial charge in [-0.1, -0.05) is 18.5 Å². The summed E-state index contributed by atoms with van der Waals surface area (Å²) in [5.41, 5.74) is 6.89. The van der Waals surface area contributed by atoms with Gasteiger partial charge in [0.15, 0.2) is 0 Å². The first-order valence-electron chi connectivity index (χ1n) is 6.53. The largest absolute Gasteiger partial charge is 0.397 e. The summed E-state index contributed by atoms with van der Waals surface area (Å²) in [4.78, 5) is 14.1. The van der Waals surface area contributed by atoms with Crippen molar-refractivity contribution < 1.29 is 4.79 Å². The predicted molar refractivity (Wildman–Crippen MR) is 81.5 cm³/mol. The van der Waals surface area contributed by atoms with E-state index in [9.17, 15) is 4.79 Å². The average molecular weight is 284 g/mol. The summed E-state index contributed by atoms with van der Waals surface area (Å²) < 4.78 is 0. The Kier molecular flexibility index (Phi) is 6.12. The van der Waals surface area contributed by atoms with E-state index in [0.717, 1.165) is 13.0 Å². The molecule has 0 saturated heterocycles. The molecule has 0 bridgehead atoms. The van der Waals surface area contributed by atoms with Gasteiger partial charge in [0, 0.05) is 11.1 Å². The monoisotopic (exact) mass is 283 g/mol. The molecule has 1 amide bonds. The molecule has 0 radical (unpaired) electrons. The molecule has 0 aliphatic carbocycles. The zero-order chi connectivity index (χ0) is 14.4. The van der Waals surface area contributed by atoms with Crippen LogP contribution in [0, 0.1) is 0 Å². The quantitative estimate of drug-likeness (QED) is 0.789. The normalized spacial score (nSPS) is 11.1. The van der Waals surface area contributed by atoms with Crippen LogP contribution in [0.2, 0.25) is 5.02 Å². The lowest BCUT2D eigenvalue weighted by atomic mass is 10.2. The topological polar surface area (TPSA) is 58.4 Å². The molecule has 3 N–H and O–H groups in total. The molecule has 0 heterocycles. The number of anilines is 2. The fourth-order valence-electron chi connectivity index (χ4n) is 1.83. The van der Waals surface area contributed by atoms with Crippen molar-refractivity contribution in [1.29, 1.82) is 0 Å². The molecule has 0 saturated carbocycles. The second-order valence-corrected chi connectivity index (χ2v) is 5.28. The van der Waals surface area contributed by atoms with E-state index >= 15 is 0 Å². The molecule has 0 aromatic heterocycles. The third-order valence-electron chi connectivity index (χ3n) is 2.88. The fraction of sp³-hybridized carbons (Fsp3) is 0.500. The molecule has 0 unspecified atom stereocenters. The molecular weight excluding hydrogens is 262 g/mol. The molecule has 1 rings (SSSR count). The maximum absolute atomic E-state index is 12.0. The van der Waals surface area contributed by atoms with Gasteiger partial charge in [-0.2, -0.15) is 0 Å². The van der Waals surface area contributed by atoms with Crippen molar-refractivity contribution in [2.75, 3.05) is 24.1 Å². The third-order valence-corrected chi connectivity index (χ3v) is 3.11. The molecular formula is C14H22ClN3O. The van der Waals surface area contributed by atoms with Crippen LogP contribution in [0.4, 0.5) is 11.4 Å². The van der Waals surface area contributed by atoms with Gasteiger partial charge in [0.05, 0.1) is 17.9 Å². The Hall–Kier alpha value is -1.26. The molecule has 0 aliphatic rings. The van der Waals surface area contributed by atoms with Crippen LogP contribution in [0.15, 0.2) is 18.2 Å². The zero-order valence-corrected chi connectivity index (χ0v) is 12.5. The highest BCUT2D eigenvalue weighted by Crippen LogP contribution is 2.22. The van der Waals surface area contributed by atoms with Crippen LogP contribution in [0.5, 0.6) is 0 Å². The van der Waals surface area contributed by atoms with Crippen molar-refractivity contribution >= 4 is 28.9 Å². The number of hydrogen-bond acceptors (Lipinski definition) is 3. The molecule has 0 spiro atoms. The number of nitrogen functional groups attached to an aromatic ring is 1. The van der Waals surface area contributed by atoms with Crippen LogP contribution in [0.25, 0.3) is 0 Å². The number of benzene rings is 1. The van der Waals surface area contributed by atoms with Crippen molar-refractivity contribution in [1.82, 2.24) is 4.90 Å². The Morgan fingerprint density at radius 3 is 2.68 bits per heavy atom. The number of nitrogens with one attached hydrogen (secondary N) is 1. The van der Waals surface area contributed by atoms with Crippen LogP contribution in [0.1, 0.15) is 27.2 Å². The summed E-state index contributed by atoms with van der Waals surface area (Å²) in [5, 5.41) is 3.38. The molecule has 1 aromatic carbocycles. The standard InChI is InChI=1S/C14H22ClN3O/c1-4-7-18(10(2)3)9-14(19)17-13-6-5-11(15)8-12(13)16/h5-6,8,10H,4,7,9,16H2,1-3H3,(H,17,19). The van der Waals surface area contributed by atoms with Gasteiger partial charge in [-0.15, -0.1) is 0 Å². The van der Waals surface area contributed by atoms with E-state index in [-0.39, 0.29) is 5.91 Å². The van der Waals surface area contributed by atoms with Gasteiger partial charge >= 0.3 is 0 Å². The molecule has 106 valence electrons. The van der Waals surface area contributed by atoms with Crippen molar-refractivity contribution in [2.45, 2.75) is 33.2 Å². The van der Waals surface area contributed by atoms with E-state index in [2.05, 4.69) is 31.0 Å². The number of carbonyl (C=O) groups excluding carboxylic acids is 1. The molecule has 0 atom stereocenters. The van der Waals surface area contributed by atoms with Gasteiger partial charge in [0.1, 0.15) is 0 Å². The molecule has 4 nitrogen and oxygen atoms in total. The maximum atomic E-state index is 12.0. The zero-order valence-electron chi connectivity index (χ0n) is 11.7. The lowest BCUT2D eigenvalue weighted by Gasteiger charge is -2.25. The fourth-order valence-corrected chi connectivity index (χ4v) is 2.01. The van der Waals surface area contributed by atoms with Gasteiger partial charge in [0.2, 0.25) is 5.91 Å². The summed E-state index contributed by atoms with van der Waals surface area (Å²) in [7, 11) is 0. The number of nitrogens with zero attached hydrogens (tertiary/aromatic N) is 1. The van der Waals surface area contributed by atoms with Gasteiger partial charge in [0.25, 0.3) is 0 Å². The van der Waals surface area contributed by atoms with Gasteiger partial charge < -0.3 is 11.1 Å². The third kappa shape index (κ3) is 5.09. The number of nitrogens with two attached hydrogens (primary N) is 1. The summed E-state index contributed by atoms with van der Waals surface area (Å²) >= 11 is 5.82. The molecule has 19 heavy (non-hydrogen) atoms. The summed E-state index contributed by atoms with van der Waals surface area (Å²) in [6, 6.07) is 5.39. The molecule has 0 aliphatic heterocycles. The van der Waals surface area contributed by atoms with E-state index < -0.39 is 0 Å². The Bertz CT molecular complexity index is 435. The highest BCUT2D eigenvalue weighted by Gasteiger charge is 2.13. The minimum absolute atomic E-state index is 0.0591. The van der Waals surface area contributed by atoms with E-state index in [0.29, 0.717) is 29.0 Å². The SMILES string of the molecule is CCCN(CC(=O)Nc1ccc(Cl)cc1N)C(C)C. The Labute approximate surface area is 119 Å². The number of rotatable bonds is 6.